The van der Waals surface area contributed by atoms with E-state index in [9.17, 15) is 0 Å². The van der Waals surface area contributed by atoms with Crippen LogP contribution >= 0.6 is 38.9 Å². The summed E-state index contributed by atoms with van der Waals surface area (Å²) in [5.41, 5.74) is 0.779. The number of anilines is 1. The van der Waals surface area contributed by atoms with Gasteiger partial charge in [0.15, 0.2) is 5.13 Å². The quantitative estimate of drug-likeness (QED) is 0.752. The van der Waals surface area contributed by atoms with Gasteiger partial charge >= 0.3 is 0 Å². The van der Waals surface area contributed by atoms with Gasteiger partial charge in [-0.1, -0.05) is 22.9 Å². The molecule has 1 aliphatic heterocycles. The summed E-state index contributed by atoms with van der Waals surface area (Å²) in [4.78, 5) is 12.0. The number of halogens is 2. The average Bonchev–Trinajstić information content (AvgIpc) is 2.74. The minimum atomic E-state index is 0.637. The van der Waals surface area contributed by atoms with Crippen LogP contribution in [0.25, 0.3) is 10.3 Å². The summed E-state index contributed by atoms with van der Waals surface area (Å²) < 4.78 is 6.07. The molecule has 4 nitrogen and oxygen atoms in total. The molecule has 0 radical (unpaired) electrons. The molecule has 3 heterocycles. The second kappa shape index (κ2) is 4.68. The van der Waals surface area contributed by atoms with E-state index in [0.717, 1.165) is 46.4 Å². The highest BCUT2D eigenvalue weighted by atomic mass is 79.9. The lowest BCUT2D eigenvalue weighted by atomic mass is 10.4. The highest BCUT2D eigenvalue weighted by molar-refractivity contribution is 9.10. The van der Waals surface area contributed by atoms with E-state index in [-0.39, 0.29) is 0 Å². The molecule has 0 aromatic carbocycles. The van der Waals surface area contributed by atoms with Crippen molar-refractivity contribution < 1.29 is 4.74 Å². The molecular formula is C10H9BrClN3OS. The molecule has 0 unspecified atom stereocenters. The Morgan fingerprint density at radius 3 is 2.88 bits per heavy atom. The SMILES string of the molecule is Clc1cc(Br)nc2sc(N3CCOCC3)nc12. The number of fused-ring (bicyclic) bond motifs is 1. The molecule has 7 heteroatoms. The van der Waals surface area contributed by atoms with E-state index in [1.165, 1.54) is 0 Å². The van der Waals surface area contributed by atoms with Gasteiger partial charge in [0.25, 0.3) is 0 Å². The first-order valence-electron chi connectivity index (χ1n) is 5.19. The second-order valence-electron chi connectivity index (χ2n) is 3.68. The van der Waals surface area contributed by atoms with E-state index in [1.807, 2.05) is 0 Å². The van der Waals surface area contributed by atoms with Gasteiger partial charge in [-0.3, -0.25) is 0 Å². The molecule has 17 heavy (non-hydrogen) atoms. The predicted octanol–water partition coefficient (Wildman–Crippen LogP) is 2.94. The van der Waals surface area contributed by atoms with Crippen LogP contribution in [0, 0.1) is 0 Å². The summed E-state index contributed by atoms with van der Waals surface area (Å²) in [7, 11) is 0. The van der Waals surface area contributed by atoms with Crippen LogP contribution in [0.3, 0.4) is 0 Å². The summed E-state index contributed by atoms with van der Waals surface area (Å²) in [6.45, 7) is 3.25. The average molecular weight is 335 g/mol. The molecule has 0 atom stereocenters. The van der Waals surface area contributed by atoms with Gasteiger partial charge < -0.3 is 9.64 Å². The van der Waals surface area contributed by atoms with Gasteiger partial charge in [0, 0.05) is 13.1 Å². The smallest absolute Gasteiger partial charge is 0.188 e. The Bertz CT molecular complexity index is 556. The standard InChI is InChI=1S/C10H9BrClN3OS/c11-7-5-6(12)8-9(13-7)17-10(14-8)15-1-3-16-4-2-15/h5H,1-4H2. The molecule has 3 rings (SSSR count). The molecule has 90 valence electrons. The fraction of sp³-hybridized carbons (Fsp3) is 0.400. The lowest BCUT2D eigenvalue weighted by molar-refractivity contribution is 0.122. The molecular weight excluding hydrogens is 326 g/mol. The zero-order valence-electron chi connectivity index (χ0n) is 8.82. The summed E-state index contributed by atoms with van der Waals surface area (Å²) in [5, 5.41) is 1.61. The maximum absolute atomic E-state index is 6.15. The van der Waals surface area contributed by atoms with E-state index in [2.05, 4.69) is 30.8 Å². The Kier molecular flexibility index (Phi) is 3.21. The Morgan fingerprint density at radius 1 is 1.35 bits per heavy atom. The van der Waals surface area contributed by atoms with Crippen molar-refractivity contribution in [3.05, 3.63) is 15.7 Å². The van der Waals surface area contributed by atoms with Crippen molar-refractivity contribution in [2.24, 2.45) is 0 Å². The van der Waals surface area contributed by atoms with E-state index < -0.39 is 0 Å². The maximum Gasteiger partial charge on any atom is 0.188 e. The van der Waals surface area contributed by atoms with Crippen LogP contribution in [-0.4, -0.2) is 36.3 Å². The highest BCUT2D eigenvalue weighted by Crippen LogP contribution is 2.33. The van der Waals surface area contributed by atoms with Crippen molar-refractivity contribution in [1.29, 1.82) is 0 Å². The van der Waals surface area contributed by atoms with Crippen LogP contribution in [0.15, 0.2) is 10.7 Å². The van der Waals surface area contributed by atoms with Gasteiger partial charge in [0.2, 0.25) is 0 Å². The number of rotatable bonds is 1. The zero-order chi connectivity index (χ0) is 11.8. The van der Waals surface area contributed by atoms with Gasteiger partial charge in [-0.05, 0) is 22.0 Å². The molecule has 0 aliphatic carbocycles. The normalized spacial score (nSPS) is 16.7. The van der Waals surface area contributed by atoms with Crippen molar-refractivity contribution in [1.82, 2.24) is 9.97 Å². The van der Waals surface area contributed by atoms with Gasteiger partial charge in [-0.15, -0.1) is 0 Å². The van der Waals surface area contributed by atoms with Crippen molar-refractivity contribution in [2.75, 3.05) is 31.2 Å². The molecule has 2 aromatic rings. The molecule has 0 N–H and O–H groups in total. The number of hydrogen-bond donors (Lipinski definition) is 0. The molecule has 0 spiro atoms. The summed E-state index contributed by atoms with van der Waals surface area (Å²) in [6, 6.07) is 1.77. The van der Waals surface area contributed by atoms with E-state index in [0.29, 0.717) is 5.02 Å². The number of aromatic nitrogens is 2. The summed E-state index contributed by atoms with van der Waals surface area (Å²) in [6.07, 6.45) is 0. The highest BCUT2D eigenvalue weighted by Gasteiger charge is 2.17. The van der Waals surface area contributed by atoms with Crippen molar-refractivity contribution in [3.8, 4) is 0 Å². The van der Waals surface area contributed by atoms with Crippen LogP contribution < -0.4 is 4.90 Å². The number of nitrogens with zero attached hydrogens (tertiary/aromatic N) is 3. The first-order chi connectivity index (χ1) is 8.24. The molecule has 1 fully saturated rings. The van der Waals surface area contributed by atoms with Gasteiger partial charge in [-0.2, -0.15) is 0 Å². The third-order valence-corrected chi connectivity index (χ3v) is 4.26. The fourth-order valence-corrected chi connectivity index (χ4v) is 3.69. The van der Waals surface area contributed by atoms with Crippen LogP contribution in [0.5, 0.6) is 0 Å². The van der Waals surface area contributed by atoms with Crippen LogP contribution in [0.1, 0.15) is 0 Å². The Balaban J connectivity index is 2.03. The first kappa shape index (κ1) is 11.6. The predicted molar refractivity (Wildman–Crippen MR) is 73.2 cm³/mol. The largest absolute Gasteiger partial charge is 0.378 e. The van der Waals surface area contributed by atoms with Gasteiger partial charge in [0.1, 0.15) is 15.0 Å². The van der Waals surface area contributed by atoms with Crippen molar-refractivity contribution in [3.63, 3.8) is 0 Å². The third-order valence-electron chi connectivity index (χ3n) is 2.56. The van der Waals surface area contributed by atoms with E-state index >= 15 is 0 Å². The minimum absolute atomic E-state index is 0.637. The Labute approximate surface area is 116 Å². The third kappa shape index (κ3) is 2.27. The first-order valence-corrected chi connectivity index (χ1v) is 7.18. The van der Waals surface area contributed by atoms with Gasteiger partial charge in [-0.25, -0.2) is 9.97 Å². The molecule has 1 saturated heterocycles. The monoisotopic (exact) mass is 333 g/mol. The molecule has 0 saturated carbocycles. The summed E-state index contributed by atoms with van der Waals surface area (Å²) >= 11 is 11.0. The van der Waals surface area contributed by atoms with Crippen molar-refractivity contribution in [2.45, 2.75) is 0 Å². The molecule has 1 aliphatic rings. The topological polar surface area (TPSA) is 38.2 Å². The molecule has 0 bridgehead atoms. The van der Waals surface area contributed by atoms with Crippen LogP contribution in [0.2, 0.25) is 5.02 Å². The number of ether oxygens (including phenoxy) is 1. The Morgan fingerprint density at radius 2 is 2.12 bits per heavy atom. The maximum atomic E-state index is 6.15. The van der Waals surface area contributed by atoms with Crippen molar-refractivity contribution >= 4 is 54.3 Å². The number of hydrogen-bond acceptors (Lipinski definition) is 5. The summed E-state index contributed by atoms with van der Waals surface area (Å²) in [5.74, 6) is 0. The molecule has 0 amide bonds. The number of pyridine rings is 1. The number of thiazole rings is 1. The number of morpholine rings is 1. The zero-order valence-corrected chi connectivity index (χ0v) is 12.0. The van der Waals surface area contributed by atoms with Crippen LogP contribution in [-0.2, 0) is 4.74 Å². The minimum Gasteiger partial charge on any atom is -0.378 e. The van der Waals surface area contributed by atoms with Crippen LogP contribution in [0.4, 0.5) is 5.13 Å². The lowest BCUT2D eigenvalue weighted by Gasteiger charge is -2.25. The lowest BCUT2D eigenvalue weighted by Crippen LogP contribution is -2.36. The van der Waals surface area contributed by atoms with E-state index in [4.69, 9.17) is 16.3 Å². The molecule has 2 aromatic heterocycles. The van der Waals surface area contributed by atoms with E-state index in [1.54, 1.807) is 17.4 Å². The fourth-order valence-electron chi connectivity index (χ4n) is 1.72. The van der Waals surface area contributed by atoms with Gasteiger partial charge in [0.05, 0.1) is 18.2 Å². The Hall–Kier alpha value is -0.430. The second-order valence-corrected chi connectivity index (χ2v) is 5.85.